The molecule has 0 amide bonds. The molecule has 3 aliphatic rings. The Labute approximate surface area is 173 Å². The van der Waals surface area contributed by atoms with E-state index in [9.17, 15) is 4.39 Å². The molecule has 2 N–H and O–H groups in total. The van der Waals surface area contributed by atoms with Crippen LogP contribution in [0.5, 0.6) is 0 Å². The number of pyridine rings is 1. The van der Waals surface area contributed by atoms with Crippen molar-refractivity contribution in [3.05, 3.63) is 30.0 Å². The number of hydrogen-bond acceptors (Lipinski definition) is 6. The maximum absolute atomic E-state index is 14.0. The van der Waals surface area contributed by atoms with E-state index in [0.29, 0.717) is 23.7 Å². The summed E-state index contributed by atoms with van der Waals surface area (Å²) in [5, 5.41) is 0. The van der Waals surface area contributed by atoms with Crippen molar-refractivity contribution in [3.8, 4) is 0 Å². The van der Waals surface area contributed by atoms with Crippen LogP contribution in [0.2, 0.25) is 0 Å². The standard InChI is InChI=1S/C22H33FN6/c1-3-25-13-17(12-24)21-20(10-18(23)14-26-21)29-8-6-28(7-9-29)19-4-5-22(11-19)15-27(2)16-22/h10,12-14,19H,3-9,11,15-16,24H2,1-2H3/b17-12+,25-13?. The highest BCUT2D eigenvalue weighted by Crippen LogP contribution is 2.46. The van der Waals surface area contributed by atoms with E-state index < -0.39 is 0 Å². The van der Waals surface area contributed by atoms with Crippen LogP contribution in [0, 0.1) is 11.2 Å². The SMILES string of the molecule is CCN=C/C(=C\N)c1ncc(F)cc1N1CCN(C2CCC3(C2)CN(C)C3)CC1. The van der Waals surface area contributed by atoms with Gasteiger partial charge in [0.25, 0.3) is 0 Å². The summed E-state index contributed by atoms with van der Waals surface area (Å²) >= 11 is 0. The summed E-state index contributed by atoms with van der Waals surface area (Å²) in [4.78, 5) is 16.0. The van der Waals surface area contributed by atoms with Crippen LogP contribution in [0.4, 0.5) is 10.1 Å². The first-order valence-electron chi connectivity index (χ1n) is 10.8. The number of likely N-dealkylation sites (tertiary alicyclic amines) is 1. The van der Waals surface area contributed by atoms with Crippen molar-refractivity contribution < 1.29 is 4.39 Å². The van der Waals surface area contributed by atoms with Gasteiger partial charge in [0.2, 0.25) is 0 Å². The van der Waals surface area contributed by atoms with Crippen LogP contribution < -0.4 is 10.6 Å². The van der Waals surface area contributed by atoms with Gasteiger partial charge in [0, 0.05) is 75.9 Å². The van der Waals surface area contributed by atoms with Crippen LogP contribution in [0.1, 0.15) is 31.9 Å². The lowest BCUT2D eigenvalue weighted by atomic mass is 9.78. The molecule has 1 saturated carbocycles. The second-order valence-electron chi connectivity index (χ2n) is 8.86. The Balaban J connectivity index is 1.43. The van der Waals surface area contributed by atoms with E-state index in [1.54, 1.807) is 12.3 Å². The van der Waals surface area contributed by atoms with Gasteiger partial charge in [-0.2, -0.15) is 0 Å². The van der Waals surface area contributed by atoms with Crippen LogP contribution in [-0.4, -0.2) is 79.9 Å². The van der Waals surface area contributed by atoms with E-state index in [4.69, 9.17) is 5.73 Å². The minimum absolute atomic E-state index is 0.318. The van der Waals surface area contributed by atoms with E-state index in [1.165, 1.54) is 44.7 Å². The van der Waals surface area contributed by atoms with Crippen molar-refractivity contribution in [2.45, 2.75) is 32.2 Å². The first-order valence-corrected chi connectivity index (χ1v) is 10.8. The maximum Gasteiger partial charge on any atom is 0.143 e. The predicted octanol–water partition coefficient (Wildman–Crippen LogP) is 2.22. The van der Waals surface area contributed by atoms with Gasteiger partial charge in [-0.3, -0.25) is 14.9 Å². The molecule has 1 atom stereocenters. The van der Waals surface area contributed by atoms with E-state index in [0.717, 1.165) is 37.4 Å². The number of nitrogens with zero attached hydrogens (tertiary/aromatic N) is 5. The molecule has 158 valence electrons. The Bertz CT molecular complexity index is 778. The summed E-state index contributed by atoms with van der Waals surface area (Å²) in [5.74, 6) is -0.318. The van der Waals surface area contributed by atoms with E-state index in [2.05, 4.69) is 31.7 Å². The van der Waals surface area contributed by atoms with Crippen molar-refractivity contribution in [1.29, 1.82) is 0 Å². The molecule has 1 aromatic rings. The Morgan fingerprint density at radius 2 is 2.10 bits per heavy atom. The Hall–Kier alpha value is -1.99. The molecule has 0 radical (unpaired) electrons. The largest absolute Gasteiger partial charge is 0.404 e. The number of piperazine rings is 1. The number of rotatable bonds is 5. The zero-order valence-corrected chi connectivity index (χ0v) is 17.6. The topological polar surface area (TPSA) is 61.0 Å². The molecule has 1 aromatic heterocycles. The third-order valence-electron chi connectivity index (χ3n) is 6.76. The molecule has 3 fully saturated rings. The summed E-state index contributed by atoms with van der Waals surface area (Å²) in [6.45, 7) is 8.94. The molecule has 0 bridgehead atoms. The molecule has 1 spiro atoms. The average molecular weight is 401 g/mol. The molecule has 6 nitrogen and oxygen atoms in total. The van der Waals surface area contributed by atoms with Gasteiger partial charge in [0.05, 0.1) is 17.6 Å². The highest BCUT2D eigenvalue weighted by Gasteiger charge is 2.48. The Kier molecular flexibility index (Phi) is 5.88. The predicted molar refractivity (Wildman–Crippen MR) is 117 cm³/mol. The number of nitrogens with two attached hydrogens (primary N) is 1. The zero-order valence-electron chi connectivity index (χ0n) is 17.6. The number of hydrogen-bond donors (Lipinski definition) is 1. The van der Waals surface area contributed by atoms with Crippen molar-refractivity contribution >= 4 is 17.5 Å². The summed E-state index contributed by atoms with van der Waals surface area (Å²) in [5.41, 5.74) is 8.65. The second-order valence-corrected chi connectivity index (χ2v) is 8.86. The fourth-order valence-corrected chi connectivity index (χ4v) is 5.47. The van der Waals surface area contributed by atoms with Crippen LogP contribution >= 0.6 is 0 Å². The van der Waals surface area contributed by atoms with Gasteiger partial charge in [-0.25, -0.2) is 4.39 Å². The molecule has 0 aromatic carbocycles. The smallest absolute Gasteiger partial charge is 0.143 e. The van der Waals surface area contributed by atoms with Crippen LogP contribution in [0.15, 0.2) is 23.5 Å². The molecule has 1 aliphatic carbocycles. The normalized spacial score (nSPS) is 25.8. The first kappa shape index (κ1) is 20.3. The van der Waals surface area contributed by atoms with Gasteiger partial charge in [-0.05, 0) is 38.6 Å². The van der Waals surface area contributed by atoms with Crippen LogP contribution in [-0.2, 0) is 0 Å². The maximum atomic E-state index is 14.0. The monoisotopic (exact) mass is 400 g/mol. The minimum Gasteiger partial charge on any atom is -0.404 e. The first-order chi connectivity index (χ1) is 14.0. The van der Waals surface area contributed by atoms with Crippen molar-refractivity contribution in [3.63, 3.8) is 0 Å². The van der Waals surface area contributed by atoms with Gasteiger partial charge in [0.15, 0.2) is 0 Å². The summed E-state index contributed by atoms with van der Waals surface area (Å²) < 4.78 is 14.0. The van der Waals surface area contributed by atoms with Gasteiger partial charge >= 0.3 is 0 Å². The molecule has 29 heavy (non-hydrogen) atoms. The lowest BCUT2D eigenvalue weighted by molar-refractivity contribution is 0.0204. The van der Waals surface area contributed by atoms with E-state index in [-0.39, 0.29) is 5.82 Å². The minimum atomic E-state index is -0.318. The molecular weight excluding hydrogens is 367 g/mol. The number of aromatic nitrogens is 1. The molecular formula is C22H33FN6. The van der Waals surface area contributed by atoms with Gasteiger partial charge in [-0.1, -0.05) is 0 Å². The van der Waals surface area contributed by atoms with Gasteiger partial charge in [0.1, 0.15) is 5.82 Å². The molecule has 7 heteroatoms. The second kappa shape index (κ2) is 8.40. The van der Waals surface area contributed by atoms with Crippen molar-refractivity contribution in [2.24, 2.45) is 16.1 Å². The number of aliphatic imine (C=N–C) groups is 1. The highest BCUT2D eigenvalue weighted by molar-refractivity contribution is 6.10. The van der Waals surface area contributed by atoms with Crippen LogP contribution in [0.25, 0.3) is 5.57 Å². The third-order valence-corrected chi connectivity index (χ3v) is 6.76. The fraction of sp³-hybridized carbons (Fsp3) is 0.636. The molecule has 4 rings (SSSR count). The van der Waals surface area contributed by atoms with Gasteiger partial charge in [-0.15, -0.1) is 0 Å². The average Bonchev–Trinajstić information content (AvgIpc) is 3.14. The summed E-state index contributed by atoms with van der Waals surface area (Å²) in [6.07, 6.45) is 8.50. The third kappa shape index (κ3) is 4.16. The molecule has 2 aliphatic heterocycles. The Morgan fingerprint density at radius 1 is 1.34 bits per heavy atom. The highest BCUT2D eigenvalue weighted by atomic mass is 19.1. The molecule has 3 heterocycles. The van der Waals surface area contributed by atoms with Crippen molar-refractivity contribution in [1.82, 2.24) is 14.8 Å². The quantitative estimate of drug-likeness (QED) is 0.768. The lowest BCUT2D eigenvalue weighted by Crippen LogP contribution is -2.54. The van der Waals surface area contributed by atoms with Crippen LogP contribution in [0.3, 0.4) is 0 Å². The number of anilines is 1. The summed E-state index contributed by atoms with van der Waals surface area (Å²) in [7, 11) is 2.22. The Morgan fingerprint density at radius 3 is 2.76 bits per heavy atom. The van der Waals surface area contributed by atoms with Crippen molar-refractivity contribution in [2.75, 3.05) is 57.8 Å². The van der Waals surface area contributed by atoms with E-state index in [1.807, 2.05) is 6.92 Å². The molecule has 1 unspecified atom stereocenters. The lowest BCUT2D eigenvalue weighted by Gasteiger charge is -2.47. The fourth-order valence-electron chi connectivity index (χ4n) is 5.47. The number of allylic oxidation sites excluding steroid dienone is 1. The number of halogens is 1. The summed E-state index contributed by atoms with van der Waals surface area (Å²) in [6, 6.07) is 2.28. The molecule has 2 saturated heterocycles. The van der Waals surface area contributed by atoms with E-state index >= 15 is 0 Å². The zero-order chi connectivity index (χ0) is 20.4. The van der Waals surface area contributed by atoms with Gasteiger partial charge < -0.3 is 15.5 Å².